The van der Waals surface area contributed by atoms with Gasteiger partial charge in [-0.2, -0.15) is 9.59 Å². The molecule has 0 radical (unpaired) electrons. The van der Waals surface area contributed by atoms with Gasteiger partial charge < -0.3 is 15.0 Å². The third-order valence-electron chi connectivity index (χ3n) is 9.14. The quantitative estimate of drug-likeness (QED) is 0.0264. The van der Waals surface area contributed by atoms with Crippen LogP contribution in [0.4, 0.5) is 0 Å². The van der Waals surface area contributed by atoms with Gasteiger partial charge in [0.2, 0.25) is 6.41 Å². The van der Waals surface area contributed by atoms with Gasteiger partial charge in [0.1, 0.15) is 0 Å². The van der Waals surface area contributed by atoms with Crippen molar-refractivity contribution in [2.24, 2.45) is 0 Å². The molecule has 328 valence electrons. The molecule has 0 aromatic heterocycles. The maximum atomic E-state index is 10.4. The molecule has 0 unspecified atom stereocenters. The van der Waals surface area contributed by atoms with Crippen LogP contribution in [0.2, 0.25) is 0 Å². The van der Waals surface area contributed by atoms with E-state index < -0.39 is 15.8 Å². The first-order chi connectivity index (χ1) is 29.0. The molecule has 4 rings (SSSR count). The predicted octanol–water partition coefficient (Wildman–Crippen LogP) is 8.68. The van der Waals surface area contributed by atoms with Crippen LogP contribution in [0.1, 0.15) is 80.5 Å². The summed E-state index contributed by atoms with van der Waals surface area (Å²) in [6, 6.07) is 44.4. The van der Waals surface area contributed by atoms with Gasteiger partial charge in [-0.15, -0.1) is 0 Å². The Morgan fingerprint density at radius 2 is 0.847 bits per heavy atom. The fourth-order valence-electron chi connectivity index (χ4n) is 5.85. The molecule has 0 aliphatic heterocycles. The van der Waals surface area contributed by atoms with Gasteiger partial charge in [-0.3, -0.25) is 16.5 Å². The molecule has 0 bridgehead atoms. The van der Waals surface area contributed by atoms with Crippen LogP contribution >= 0.6 is 25.5 Å². The van der Waals surface area contributed by atoms with Crippen LogP contribution in [0.5, 0.6) is 0 Å². The molecule has 0 saturated heterocycles. The number of carbonyl (C=O) groups is 1. The summed E-state index contributed by atoms with van der Waals surface area (Å²) in [6.45, 7) is 18.5. The van der Waals surface area contributed by atoms with E-state index in [2.05, 4.69) is 183 Å². The van der Waals surface area contributed by atoms with E-state index in [9.17, 15) is 4.79 Å². The number of unbranched alkanes of at least 4 members (excludes halogenated alkanes) is 4. The van der Waals surface area contributed by atoms with Gasteiger partial charge in [0.05, 0.1) is 49.4 Å². The van der Waals surface area contributed by atoms with Gasteiger partial charge in [-0.25, -0.2) is 0 Å². The largest absolute Gasteiger partial charge is 0 e. The molecular weight excluding hydrogens is 881 g/mol. The molecule has 0 spiro atoms. The van der Waals surface area contributed by atoms with Crippen molar-refractivity contribution in [1.82, 2.24) is 15.1 Å². The number of hydrogen-bond donors (Lipinski definition) is 1. The summed E-state index contributed by atoms with van der Waals surface area (Å²) in [6.07, 6.45) is 13.5. The topological polar surface area (TPSA) is 86.8 Å². The average molecular weight is 957 g/mol. The average Bonchev–Trinajstić information content (AvgIpc) is 3.30. The molecule has 0 aliphatic rings. The summed E-state index contributed by atoms with van der Waals surface area (Å²) in [4.78, 5) is 38.9. The first kappa shape index (κ1) is 58.2. The third kappa shape index (κ3) is 30.7. The maximum absolute atomic E-state index is 10.4. The third-order valence-corrected chi connectivity index (χ3v) is 14.7. The second-order valence-electron chi connectivity index (χ2n) is 13.6. The Bertz CT molecular complexity index is 1320. The summed E-state index contributed by atoms with van der Waals surface area (Å²) < 4.78 is 0. The molecular formula is C48H75ClN3O4P2Ru+3. The molecule has 11 heteroatoms. The molecule has 7 nitrogen and oxygen atoms in total. The molecule has 4 aromatic rings. The van der Waals surface area contributed by atoms with E-state index in [-0.39, 0.29) is 7.58 Å². The van der Waals surface area contributed by atoms with E-state index in [1.54, 1.807) is 17.3 Å². The first-order valence-corrected chi connectivity index (χ1v) is 26.7. The number of hydrogen-bond acceptors (Lipinski definition) is 6. The van der Waals surface area contributed by atoms with Crippen molar-refractivity contribution in [3.63, 3.8) is 0 Å². The second kappa shape index (κ2) is 44.6. The first-order valence-electron chi connectivity index (χ1n) is 20.9. The van der Waals surface area contributed by atoms with Crippen molar-refractivity contribution < 1.29 is 37.9 Å². The van der Waals surface area contributed by atoms with E-state index in [1.165, 1.54) is 72.3 Å². The fourth-order valence-corrected chi connectivity index (χ4v) is 11.3. The van der Waals surface area contributed by atoms with Gasteiger partial charge in [0.15, 0.2) is 0 Å². The minimum atomic E-state index is -0.769. The fraction of sp³-hybridized carbons (Fsp3) is 0.438. The summed E-state index contributed by atoms with van der Waals surface area (Å²) in [5, 5.41) is 9.43. The zero-order valence-electron chi connectivity index (χ0n) is 36.3. The van der Waals surface area contributed by atoms with Crippen molar-refractivity contribution in [1.29, 1.82) is 0 Å². The monoisotopic (exact) mass is 956 g/mol. The van der Waals surface area contributed by atoms with Gasteiger partial charge in [-0.1, -0.05) is 126 Å². The van der Waals surface area contributed by atoms with E-state index in [4.69, 9.17) is 14.4 Å². The zero-order valence-corrected chi connectivity index (χ0v) is 40.9. The number of amides is 1. The van der Waals surface area contributed by atoms with Crippen LogP contribution in [0.25, 0.3) is 0 Å². The van der Waals surface area contributed by atoms with Crippen molar-refractivity contribution in [3.8, 4) is 0 Å². The Morgan fingerprint density at radius 3 is 1.08 bits per heavy atom. The van der Waals surface area contributed by atoms with Gasteiger partial charge in [0.25, 0.3) is 0 Å². The van der Waals surface area contributed by atoms with Crippen LogP contribution in [0, 0.1) is 0 Å². The Kier molecular flexibility index (Phi) is 44.0. The minimum absolute atomic E-state index is 0. The normalized spacial score (nSPS) is 9.80. The summed E-state index contributed by atoms with van der Waals surface area (Å²) in [7, 11) is 5.37. The Morgan fingerprint density at radius 1 is 0.576 bits per heavy atom. The van der Waals surface area contributed by atoms with Crippen LogP contribution in [-0.4, -0.2) is 87.8 Å². The van der Waals surface area contributed by atoms with Crippen LogP contribution in [-0.2, 0) is 36.5 Å². The van der Waals surface area contributed by atoms with Crippen molar-refractivity contribution in [2.45, 2.75) is 79.1 Å². The molecule has 0 atom stereocenters. The Hall–Kier alpha value is -2.91. The number of benzene rings is 4. The predicted molar refractivity (Wildman–Crippen MR) is 259 cm³/mol. The summed E-state index contributed by atoms with van der Waals surface area (Å²) in [5.41, 5.74) is 0. The molecule has 0 saturated carbocycles. The molecule has 0 aliphatic carbocycles. The standard InChI is InChI=1S/C29H31NP2.C9H19NO.C8H19N.CO2.CHO.ClH.Ru.H2.H/c1-30(22-24-31(26-14-6-2-7-15-26)27-16-8-3-9-17-27)23-25-32(28-18-10-4-11-19-28)29-20-12-5-13-21-29;1-3-5-7-10(9-11)8-6-4-2;1-3-5-7-9-8-6-4-2;2-1-3;1-2;;;;/h2-21H,22-25H2,1H3;9H,3-8H2,1-2H3;9H,3-8H2,1-2H3;;1H;1H;;1H;/q;;;;-1;;+3;;/p+1. The molecule has 0 heterocycles. The van der Waals surface area contributed by atoms with Crippen LogP contribution in [0.15, 0.2) is 121 Å². The van der Waals surface area contributed by atoms with E-state index >= 15 is 0 Å². The van der Waals surface area contributed by atoms with Crippen LogP contribution in [0.3, 0.4) is 0 Å². The molecule has 1 N–H and O–H groups in total. The second-order valence-corrected chi connectivity index (χ2v) is 18.8. The molecule has 59 heavy (non-hydrogen) atoms. The molecule has 0 fully saturated rings. The van der Waals surface area contributed by atoms with Gasteiger partial charge in [-0.05, 0) is 94.4 Å². The Labute approximate surface area is 376 Å². The number of halogens is 1. The molecule has 1 amide bonds. The maximum Gasteiger partial charge on any atom is 0 e. The SMILES string of the molecule is CCCCN(C=O)CCCC.CCCCNCCCC.CN(CC[PH+](c1ccccc1)c1ccccc1)CC[PH+](c1ccccc1)c1ccccc1.O=C=O.[CH-]=O.[Cl][RuH+2].[HH]. The van der Waals surface area contributed by atoms with E-state index in [1.807, 2.05) is 4.90 Å². The minimum Gasteiger partial charge on any atom is 0 e. The summed E-state index contributed by atoms with van der Waals surface area (Å²) in [5.74, 6) is 0. The number of nitrogens with one attached hydrogen (secondary N) is 1. The summed E-state index contributed by atoms with van der Waals surface area (Å²) >= 11 is 1.62. The zero-order chi connectivity index (χ0) is 44.2. The smallest absolute Gasteiger partial charge is 0 e. The number of nitrogens with zero attached hydrogens (tertiary/aromatic N) is 2. The van der Waals surface area contributed by atoms with E-state index in [0.717, 1.165) is 58.3 Å². The van der Waals surface area contributed by atoms with Gasteiger partial charge >= 0.3 is 33.2 Å². The van der Waals surface area contributed by atoms with Crippen molar-refractivity contribution in [3.05, 3.63) is 121 Å². The van der Waals surface area contributed by atoms with E-state index in [0.29, 0.717) is 0 Å². The van der Waals surface area contributed by atoms with Crippen LogP contribution < -0.4 is 26.5 Å². The molecule has 4 aromatic carbocycles. The van der Waals surface area contributed by atoms with Crippen molar-refractivity contribution >= 4 is 66.1 Å². The number of rotatable bonds is 23. The number of carbonyl (C=O) groups excluding carboxylic acids is 4. The van der Waals surface area contributed by atoms with Gasteiger partial charge in [0, 0.05) is 27.6 Å². The van der Waals surface area contributed by atoms with Crippen molar-refractivity contribution in [2.75, 3.05) is 58.6 Å². The Balaban J connectivity index is -0.000000958.